The standard InChI is InChI=1S/C30H26ClN5O2/c1-2-29(37)36-26-17-24-27(15-21(26)11-10-20-7-3-4-8-20)33-19-34-30(24)35-22-12-13-28(25(31)16-22)38-18-23-9-5-6-14-32-23/h2,5-6,9,12-17,19-20H,1,3-4,7-8,18H2,(H,36,37)(H,33,34,35). The van der Waals surface area contributed by atoms with E-state index in [2.05, 4.69) is 44.0 Å². The highest BCUT2D eigenvalue weighted by Gasteiger charge is 2.14. The van der Waals surface area contributed by atoms with Crippen LogP contribution in [0.5, 0.6) is 5.75 Å². The van der Waals surface area contributed by atoms with Crippen molar-refractivity contribution in [1.82, 2.24) is 15.0 Å². The van der Waals surface area contributed by atoms with Crippen LogP contribution in [0.15, 0.2) is 73.7 Å². The molecule has 38 heavy (non-hydrogen) atoms. The Hall–Kier alpha value is -4.41. The van der Waals surface area contributed by atoms with E-state index in [-0.39, 0.29) is 5.91 Å². The zero-order valence-electron chi connectivity index (χ0n) is 20.7. The second-order valence-corrected chi connectivity index (χ2v) is 9.37. The summed E-state index contributed by atoms with van der Waals surface area (Å²) in [5.41, 5.74) is 3.53. The summed E-state index contributed by atoms with van der Waals surface area (Å²) in [6.07, 6.45) is 9.09. The summed E-state index contributed by atoms with van der Waals surface area (Å²) in [4.78, 5) is 25.3. The number of carbonyl (C=O) groups excluding carboxylic acids is 1. The van der Waals surface area contributed by atoms with Crippen LogP contribution in [0.3, 0.4) is 0 Å². The Morgan fingerprint density at radius 1 is 1.13 bits per heavy atom. The first-order valence-electron chi connectivity index (χ1n) is 12.4. The molecule has 1 aliphatic rings. The van der Waals surface area contributed by atoms with E-state index in [0.29, 0.717) is 45.9 Å². The molecule has 1 fully saturated rings. The smallest absolute Gasteiger partial charge is 0.247 e. The third kappa shape index (κ3) is 6.10. The van der Waals surface area contributed by atoms with Gasteiger partial charge in [-0.05, 0) is 61.4 Å². The fourth-order valence-corrected chi connectivity index (χ4v) is 4.55. The van der Waals surface area contributed by atoms with E-state index >= 15 is 0 Å². The minimum atomic E-state index is -0.312. The maximum Gasteiger partial charge on any atom is 0.247 e. The fourth-order valence-electron chi connectivity index (χ4n) is 4.31. The third-order valence-corrected chi connectivity index (χ3v) is 6.58. The summed E-state index contributed by atoms with van der Waals surface area (Å²) in [5, 5.41) is 7.36. The van der Waals surface area contributed by atoms with E-state index in [9.17, 15) is 4.79 Å². The van der Waals surface area contributed by atoms with Gasteiger partial charge in [-0.25, -0.2) is 9.97 Å². The van der Waals surface area contributed by atoms with Gasteiger partial charge in [-0.15, -0.1) is 0 Å². The zero-order valence-corrected chi connectivity index (χ0v) is 21.5. The van der Waals surface area contributed by atoms with Gasteiger partial charge in [-0.2, -0.15) is 0 Å². The molecule has 0 unspecified atom stereocenters. The van der Waals surface area contributed by atoms with Crippen LogP contribution in [0, 0.1) is 17.8 Å². The first-order chi connectivity index (χ1) is 18.6. The van der Waals surface area contributed by atoms with E-state index in [1.807, 2.05) is 36.4 Å². The van der Waals surface area contributed by atoms with E-state index in [4.69, 9.17) is 16.3 Å². The molecule has 0 saturated heterocycles. The Kier molecular flexibility index (Phi) is 7.81. The van der Waals surface area contributed by atoms with Crippen LogP contribution < -0.4 is 15.4 Å². The van der Waals surface area contributed by atoms with Gasteiger partial charge >= 0.3 is 0 Å². The average Bonchev–Trinajstić information content (AvgIpc) is 3.46. The second-order valence-electron chi connectivity index (χ2n) is 8.96. The van der Waals surface area contributed by atoms with Gasteiger partial charge in [-0.1, -0.05) is 48.9 Å². The van der Waals surface area contributed by atoms with Gasteiger partial charge in [0.15, 0.2) is 0 Å². The van der Waals surface area contributed by atoms with Gasteiger partial charge in [0.1, 0.15) is 24.5 Å². The SMILES string of the molecule is C=CC(=O)Nc1cc2c(Nc3ccc(OCc4ccccn4)c(Cl)c3)ncnc2cc1C#CC1CCCC1. The Morgan fingerprint density at radius 3 is 2.76 bits per heavy atom. The molecule has 8 heteroatoms. The molecule has 2 aromatic carbocycles. The number of fused-ring (bicyclic) bond motifs is 1. The number of nitrogens with zero attached hydrogens (tertiary/aromatic N) is 3. The lowest BCUT2D eigenvalue weighted by molar-refractivity contribution is -0.111. The number of hydrogen-bond acceptors (Lipinski definition) is 6. The summed E-state index contributed by atoms with van der Waals surface area (Å²) < 4.78 is 5.83. The lowest BCUT2D eigenvalue weighted by Crippen LogP contribution is -2.09. The van der Waals surface area contributed by atoms with Gasteiger partial charge in [0.2, 0.25) is 5.91 Å². The van der Waals surface area contributed by atoms with Gasteiger partial charge in [-0.3, -0.25) is 9.78 Å². The largest absolute Gasteiger partial charge is 0.486 e. The van der Waals surface area contributed by atoms with Gasteiger partial charge in [0.05, 0.1) is 27.5 Å². The van der Waals surface area contributed by atoms with Crippen LogP contribution >= 0.6 is 11.6 Å². The van der Waals surface area contributed by atoms with Crippen LogP contribution in [-0.4, -0.2) is 20.9 Å². The van der Waals surface area contributed by atoms with Gasteiger partial charge < -0.3 is 15.4 Å². The molecule has 0 atom stereocenters. The number of nitrogens with one attached hydrogen (secondary N) is 2. The molecule has 7 nitrogen and oxygen atoms in total. The molecule has 1 saturated carbocycles. The van der Waals surface area contributed by atoms with Crippen LogP contribution in [0.2, 0.25) is 5.02 Å². The molecule has 5 rings (SSSR count). The molecule has 0 bridgehead atoms. The molecule has 2 N–H and O–H groups in total. The molecule has 2 aromatic heterocycles. The molecule has 0 aliphatic heterocycles. The molecule has 0 radical (unpaired) electrons. The van der Waals surface area contributed by atoms with Crippen molar-refractivity contribution in [3.63, 3.8) is 0 Å². The molecule has 1 aliphatic carbocycles. The molecule has 2 heterocycles. The quantitative estimate of drug-likeness (QED) is 0.208. The first-order valence-corrected chi connectivity index (χ1v) is 12.8. The highest BCUT2D eigenvalue weighted by atomic mass is 35.5. The maximum absolute atomic E-state index is 12.2. The number of halogens is 1. The number of benzene rings is 2. The second kappa shape index (κ2) is 11.8. The minimum absolute atomic E-state index is 0.312. The predicted molar refractivity (Wildman–Crippen MR) is 151 cm³/mol. The molecular weight excluding hydrogens is 498 g/mol. The monoisotopic (exact) mass is 523 g/mol. The Balaban J connectivity index is 1.41. The van der Waals surface area contributed by atoms with Crippen molar-refractivity contribution in [3.05, 3.63) is 90.0 Å². The number of pyridine rings is 1. The van der Waals surface area contributed by atoms with Gasteiger partial charge in [0, 0.05) is 23.2 Å². The van der Waals surface area contributed by atoms with Crippen molar-refractivity contribution in [2.75, 3.05) is 10.6 Å². The van der Waals surface area contributed by atoms with Crippen LogP contribution in [-0.2, 0) is 11.4 Å². The summed E-state index contributed by atoms with van der Waals surface area (Å²) in [7, 11) is 0. The molecule has 4 aromatic rings. The lowest BCUT2D eigenvalue weighted by Gasteiger charge is -2.13. The van der Waals surface area contributed by atoms with E-state index in [1.165, 1.54) is 25.2 Å². The third-order valence-electron chi connectivity index (χ3n) is 6.28. The van der Waals surface area contributed by atoms with Crippen molar-refractivity contribution in [1.29, 1.82) is 0 Å². The summed E-state index contributed by atoms with van der Waals surface area (Å²) in [6.45, 7) is 3.88. The van der Waals surface area contributed by atoms with Crippen molar-refractivity contribution in [2.45, 2.75) is 32.3 Å². The normalized spacial score (nSPS) is 13.0. The Labute approximate surface area is 226 Å². The Bertz CT molecular complexity index is 1540. The molecular formula is C30H26ClN5O2. The van der Waals surface area contributed by atoms with E-state index in [1.54, 1.807) is 18.3 Å². The highest BCUT2D eigenvalue weighted by molar-refractivity contribution is 6.32. The van der Waals surface area contributed by atoms with E-state index in [0.717, 1.165) is 29.6 Å². The molecule has 190 valence electrons. The summed E-state index contributed by atoms with van der Waals surface area (Å²) >= 11 is 6.50. The number of rotatable bonds is 7. The van der Waals surface area contributed by atoms with Crippen LogP contribution in [0.25, 0.3) is 10.9 Å². The zero-order chi connectivity index (χ0) is 26.3. The summed E-state index contributed by atoms with van der Waals surface area (Å²) in [5.74, 6) is 7.82. The summed E-state index contributed by atoms with van der Waals surface area (Å²) in [6, 6.07) is 14.8. The van der Waals surface area contributed by atoms with Crippen molar-refractivity contribution < 1.29 is 9.53 Å². The fraction of sp³-hybridized carbons (Fsp3) is 0.200. The van der Waals surface area contributed by atoms with Crippen molar-refractivity contribution in [3.8, 4) is 17.6 Å². The Morgan fingerprint density at radius 2 is 2.00 bits per heavy atom. The highest BCUT2D eigenvalue weighted by Crippen LogP contribution is 2.32. The maximum atomic E-state index is 12.2. The van der Waals surface area contributed by atoms with Crippen molar-refractivity contribution in [2.24, 2.45) is 5.92 Å². The number of aromatic nitrogens is 3. The van der Waals surface area contributed by atoms with E-state index < -0.39 is 0 Å². The predicted octanol–water partition coefficient (Wildman–Crippen LogP) is 6.67. The van der Waals surface area contributed by atoms with Gasteiger partial charge in [0.25, 0.3) is 0 Å². The molecule has 0 spiro atoms. The first kappa shape index (κ1) is 25.2. The van der Waals surface area contributed by atoms with Crippen LogP contribution in [0.1, 0.15) is 36.9 Å². The number of carbonyl (C=O) groups is 1. The average molecular weight is 524 g/mol. The number of ether oxygens (including phenoxy) is 1. The molecule has 1 amide bonds. The van der Waals surface area contributed by atoms with Crippen molar-refractivity contribution >= 4 is 45.6 Å². The van der Waals surface area contributed by atoms with Crippen LogP contribution in [0.4, 0.5) is 17.2 Å². The lowest BCUT2D eigenvalue weighted by atomic mass is 10.1. The topological polar surface area (TPSA) is 89.0 Å². The number of amides is 1. The number of hydrogen-bond donors (Lipinski definition) is 2. The minimum Gasteiger partial charge on any atom is -0.486 e. The number of anilines is 3.